The topological polar surface area (TPSA) is 122 Å². The van der Waals surface area contributed by atoms with E-state index < -0.39 is 11.7 Å². The number of rotatable bonds is 10. The fourth-order valence-corrected chi connectivity index (χ4v) is 3.09. The van der Waals surface area contributed by atoms with Gasteiger partial charge in [0.1, 0.15) is 29.8 Å². The van der Waals surface area contributed by atoms with Crippen LogP contribution in [0.1, 0.15) is 0 Å². The molecular weight excluding hydrogens is 438 g/mol. The summed E-state index contributed by atoms with van der Waals surface area (Å²) in [6.45, 7) is 1.13. The van der Waals surface area contributed by atoms with Crippen LogP contribution in [-0.4, -0.2) is 50.6 Å². The quantitative estimate of drug-likeness (QED) is 0.270. The minimum atomic E-state index is -0.775. The fraction of sp³-hybridized carbons (Fsp3) is 0.273. The van der Waals surface area contributed by atoms with Crippen LogP contribution in [0.4, 0.5) is 10.5 Å². The molecule has 0 spiro atoms. The molecule has 170 valence electrons. The molecule has 0 saturated heterocycles. The Kier molecular flexibility index (Phi) is 8.32. The van der Waals surface area contributed by atoms with E-state index in [-0.39, 0.29) is 19.2 Å². The summed E-state index contributed by atoms with van der Waals surface area (Å²) in [5, 5.41) is 19.7. The van der Waals surface area contributed by atoms with E-state index in [0.717, 1.165) is 0 Å². The van der Waals surface area contributed by atoms with Crippen LogP contribution in [0.3, 0.4) is 0 Å². The Balaban J connectivity index is 1.36. The summed E-state index contributed by atoms with van der Waals surface area (Å²) < 4.78 is 15.9. The smallest absolute Gasteiger partial charge is 0.339 e. The third kappa shape index (κ3) is 6.88. The number of benzene rings is 2. The number of aliphatic hydroxyl groups is 1. The van der Waals surface area contributed by atoms with Gasteiger partial charge in [-0.3, -0.25) is 0 Å². The molecule has 1 unspecified atom stereocenters. The summed E-state index contributed by atoms with van der Waals surface area (Å²) in [5.74, 6) is 0.870. The number of aliphatic hydroxyl groups excluding tert-OH is 1. The third-order valence-electron chi connectivity index (χ3n) is 4.39. The Morgan fingerprint density at radius 2 is 2.03 bits per heavy atom. The second kappa shape index (κ2) is 11.4. The zero-order valence-corrected chi connectivity index (χ0v) is 18.1. The number of hydrogen-bond donors (Lipinski definition) is 4. The van der Waals surface area contributed by atoms with Crippen LogP contribution in [0.25, 0.3) is 11.0 Å². The Bertz CT molecular complexity index is 1120. The third-order valence-corrected chi connectivity index (χ3v) is 4.63. The monoisotopic (exact) mass is 461 g/mol. The number of fused-ring (bicyclic) bond motifs is 1. The molecule has 1 aromatic heterocycles. The highest BCUT2D eigenvalue weighted by Crippen LogP contribution is 2.27. The van der Waals surface area contributed by atoms with Gasteiger partial charge in [0.05, 0.1) is 18.6 Å². The van der Waals surface area contributed by atoms with E-state index in [1.54, 1.807) is 42.5 Å². The van der Waals surface area contributed by atoms with Crippen molar-refractivity contribution in [3.05, 3.63) is 64.0 Å². The van der Waals surface area contributed by atoms with Crippen molar-refractivity contribution in [2.75, 3.05) is 38.7 Å². The van der Waals surface area contributed by atoms with Gasteiger partial charge in [0.15, 0.2) is 0 Å². The zero-order chi connectivity index (χ0) is 22.9. The summed E-state index contributed by atoms with van der Waals surface area (Å²) in [6, 6.07) is 12.8. The van der Waals surface area contributed by atoms with Gasteiger partial charge in [-0.25, -0.2) is 9.59 Å². The van der Waals surface area contributed by atoms with Crippen LogP contribution in [-0.2, 0) is 0 Å². The van der Waals surface area contributed by atoms with Crippen molar-refractivity contribution in [1.29, 1.82) is 0 Å². The maximum absolute atomic E-state index is 11.8. The van der Waals surface area contributed by atoms with Crippen LogP contribution < -0.4 is 31.0 Å². The van der Waals surface area contributed by atoms with Crippen molar-refractivity contribution in [1.82, 2.24) is 10.6 Å². The maximum Gasteiger partial charge on any atom is 0.339 e. The average Bonchev–Trinajstić information content (AvgIpc) is 2.76. The summed E-state index contributed by atoms with van der Waals surface area (Å²) >= 11 is 5.87. The lowest BCUT2D eigenvalue weighted by Gasteiger charge is -2.14. The van der Waals surface area contributed by atoms with E-state index in [4.69, 9.17) is 25.5 Å². The predicted molar refractivity (Wildman–Crippen MR) is 122 cm³/mol. The first-order valence-electron chi connectivity index (χ1n) is 9.88. The molecule has 0 aliphatic rings. The van der Waals surface area contributed by atoms with E-state index in [1.807, 2.05) is 0 Å². The fourth-order valence-electron chi connectivity index (χ4n) is 2.90. The molecule has 0 aliphatic carbocycles. The van der Waals surface area contributed by atoms with E-state index >= 15 is 0 Å². The first kappa shape index (κ1) is 23.4. The van der Waals surface area contributed by atoms with E-state index in [1.165, 1.54) is 13.2 Å². The molecule has 0 bridgehead atoms. The SMILES string of the molecule is COc1cc(=O)oc2cc(OCC(O)CNCCNC(=O)Nc3cccc(Cl)c3)ccc12. The lowest BCUT2D eigenvalue weighted by molar-refractivity contribution is 0.107. The lowest BCUT2D eigenvalue weighted by atomic mass is 10.2. The number of ether oxygens (including phenoxy) is 2. The number of nitrogens with one attached hydrogen (secondary N) is 3. The van der Waals surface area contributed by atoms with Crippen LogP contribution >= 0.6 is 11.6 Å². The van der Waals surface area contributed by atoms with Crippen molar-refractivity contribution in [2.24, 2.45) is 0 Å². The average molecular weight is 462 g/mol. The Morgan fingerprint density at radius 1 is 1.19 bits per heavy atom. The molecule has 2 amide bonds. The standard InChI is InChI=1S/C22H24ClN3O6/c1-30-19-11-21(28)32-20-10-17(5-6-18(19)20)31-13-16(27)12-24-7-8-25-22(29)26-15-4-2-3-14(23)9-15/h2-6,9-11,16,24,27H,7-8,12-13H2,1H3,(H2,25,26,29). The van der Waals surface area contributed by atoms with Crippen molar-refractivity contribution in [3.8, 4) is 11.5 Å². The molecule has 1 heterocycles. The molecule has 4 N–H and O–H groups in total. The number of amides is 2. The van der Waals surface area contributed by atoms with Gasteiger partial charge < -0.3 is 34.9 Å². The number of halogens is 1. The van der Waals surface area contributed by atoms with Gasteiger partial charge in [0.2, 0.25) is 0 Å². The van der Waals surface area contributed by atoms with Crippen LogP contribution in [0.15, 0.2) is 57.7 Å². The maximum atomic E-state index is 11.8. The minimum Gasteiger partial charge on any atom is -0.496 e. The molecular formula is C22H24ClN3O6. The minimum absolute atomic E-state index is 0.0371. The summed E-state index contributed by atoms with van der Waals surface area (Å²) in [6.07, 6.45) is -0.775. The Labute approximate surface area is 189 Å². The molecule has 0 aliphatic heterocycles. The Hall–Kier alpha value is -3.27. The summed E-state index contributed by atoms with van der Waals surface area (Å²) in [7, 11) is 1.48. The van der Waals surface area contributed by atoms with Gasteiger partial charge in [0.25, 0.3) is 0 Å². The van der Waals surface area contributed by atoms with E-state index in [2.05, 4.69) is 16.0 Å². The normalized spacial score (nSPS) is 11.7. The molecule has 2 aromatic carbocycles. The molecule has 0 radical (unpaired) electrons. The van der Waals surface area contributed by atoms with Gasteiger partial charge in [-0.05, 0) is 30.3 Å². The molecule has 32 heavy (non-hydrogen) atoms. The highest BCUT2D eigenvalue weighted by atomic mass is 35.5. The Morgan fingerprint density at radius 3 is 2.81 bits per heavy atom. The zero-order valence-electron chi connectivity index (χ0n) is 17.4. The van der Waals surface area contributed by atoms with Crippen LogP contribution in [0, 0.1) is 0 Å². The number of hydrogen-bond acceptors (Lipinski definition) is 7. The summed E-state index contributed by atoms with van der Waals surface area (Å²) in [4.78, 5) is 23.4. The number of anilines is 1. The molecule has 0 fully saturated rings. The van der Waals surface area contributed by atoms with Gasteiger partial charge >= 0.3 is 11.7 Å². The van der Waals surface area contributed by atoms with E-state index in [9.17, 15) is 14.7 Å². The molecule has 10 heteroatoms. The second-order valence-corrected chi connectivity index (χ2v) is 7.29. The second-order valence-electron chi connectivity index (χ2n) is 6.85. The number of methoxy groups -OCH3 is 1. The first-order valence-corrected chi connectivity index (χ1v) is 10.3. The molecule has 3 aromatic rings. The predicted octanol–water partition coefficient (Wildman–Crippen LogP) is 2.61. The number of urea groups is 1. The van der Waals surface area contributed by atoms with E-state index in [0.29, 0.717) is 46.3 Å². The first-order chi connectivity index (χ1) is 15.4. The molecule has 9 nitrogen and oxygen atoms in total. The van der Waals surface area contributed by atoms with Crippen molar-refractivity contribution in [3.63, 3.8) is 0 Å². The van der Waals surface area contributed by atoms with Gasteiger partial charge in [-0.15, -0.1) is 0 Å². The van der Waals surface area contributed by atoms with Crippen LogP contribution in [0.2, 0.25) is 5.02 Å². The van der Waals surface area contributed by atoms with Gasteiger partial charge in [0, 0.05) is 36.4 Å². The lowest BCUT2D eigenvalue weighted by Crippen LogP contribution is -2.38. The highest BCUT2D eigenvalue weighted by Gasteiger charge is 2.09. The van der Waals surface area contributed by atoms with Crippen molar-refractivity contribution >= 4 is 34.3 Å². The molecule has 0 saturated carbocycles. The van der Waals surface area contributed by atoms with Gasteiger partial charge in [-0.2, -0.15) is 0 Å². The summed E-state index contributed by atoms with van der Waals surface area (Å²) in [5.41, 5.74) is 0.411. The largest absolute Gasteiger partial charge is 0.496 e. The van der Waals surface area contributed by atoms with Gasteiger partial charge in [-0.1, -0.05) is 17.7 Å². The van der Waals surface area contributed by atoms with Crippen LogP contribution in [0.5, 0.6) is 11.5 Å². The molecule has 3 rings (SSSR count). The number of carbonyl (C=O) groups is 1. The highest BCUT2D eigenvalue weighted by molar-refractivity contribution is 6.30. The van der Waals surface area contributed by atoms with Crippen molar-refractivity contribution < 1.29 is 23.8 Å². The van der Waals surface area contributed by atoms with Crippen molar-refractivity contribution in [2.45, 2.75) is 6.10 Å². The number of carbonyl (C=O) groups excluding carboxylic acids is 1. The molecule has 1 atom stereocenters.